The number of rotatable bonds is 6. The van der Waals surface area contributed by atoms with E-state index in [2.05, 4.69) is 142 Å². The maximum atomic E-state index is 6.64. The second kappa shape index (κ2) is 14.1. The molecule has 8 aromatic rings. The number of nitrogens with zero attached hydrogens (tertiary/aromatic N) is 5. The van der Waals surface area contributed by atoms with Gasteiger partial charge in [-0.05, 0) is 10.8 Å². The van der Waals surface area contributed by atoms with Crippen molar-refractivity contribution in [2.75, 3.05) is 0 Å². The molecule has 0 radical (unpaired) electrons. The van der Waals surface area contributed by atoms with E-state index >= 15 is 0 Å². The molecule has 51 heavy (non-hydrogen) atoms. The van der Waals surface area contributed by atoms with E-state index < -0.39 is 0 Å². The average Bonchev–Trinajstić information content (AvgIpc) is 3.63. The summed E-state index contributed by atoms with van der Waals surface area (Å²) in [4.78, 5) is 15.0. The summed E-state index contributed by atoms with van der Waals surface area (Å²) in [6.45, 7) is 18.0. The van der Waals surface area contributed by atoms with Gasteiger partial charge in [-0.2, -0.15) is 0 Å². The molecular formula is C45H46CuN5-. The van der Waals surface area contributed by atoms with Gasteiger partial charge >= 0.3 is 235 Å². The van der Waals surface area contributed by atoms with Crippen LogP contribution in [0, 0.1) is 4.32 Å². The van der Waals surface area contributed by atoms with Gasteiger partial charge in [-0.3, -0.25) is 0 Å². The number of hydrogen-bond acceptors (Lipinski definition) is 2. The van der Waals surface area contributed by atoms with Crippen LogP contribution in [0.15, 0.2) is 109 Å². The third-order valence-corrected chi connectivity index (χ3v) is 10.2. The summed E-state index contributed by atoms with van der Waals surface area (Å²) in [5.74, 6) is 1.29. The third-order valence-electron chi connectivity index (χ3n) is 9.76. The normalized spacial score (nSPS) is 12.0. The molecule has 3 heterocycles. The fraction of sp³-hybridized carbons (Fsp3) is 0.267. The SMILES string of the molecule is CC(C)c1cccc(C(C)C)c1-n1[c](=[Cu])n(-c2c(C(C)C)cccc2C(C)C)c2nc3ccccc3nc21.c1ccc2c(c1)[n-]c1ccccc12. The number of imidazole rings is 1. The predicted molar refractivity (Wildman–Crippen MR) is 210 cm³/mol. The molecule has 0 saturated carbocycles. The maximum absolute atomic E-state index is 6.64. The average molecular weight is 720 g/mol. The van der Waals surface area contributed by atoms with Crippen molar-refractivity contribution in [1.82, 2.24) is 24.1 Å². The zero-order chi connectivity index (χ0) is 36.0. The number of para-hydroxylation sites is 6. The molecule has 0 aliphatic rings. The van der Waals surface area contributed by atoms with Crippen LogP contribution in [-0.2, 0) is 15.6 Å². The van der Waals surface area contributed by atoms with Crippen LogP contribution < -0.4 is 4.98 Å². The second-order valence-corrected chi connectivity index (χ2v) is 15.0. The molecule has 5 aromatic carbocycles. The van der Waals surface area contributed by atoms with Crippen molar-refractivity contribution in [2.45, 2.75) is 79.1 Å². The number of benzene rings is 5. The first-order valence-electron chi connectivity index (χ1n) is 18.1. The molecule has 263 valence electrons. The Kier molecular flexibility index (Phi) is 9.58. The van der Waals surface area contributed by atoms with Crippen molar-refractivity contribution in [3.63, 3.8) is 0 Å². The molecule has 0 spiro atoms. The Bertz CT molecular complexity index is 2350. The fourth-order valence-electron chi connectivity index (χ4n) is 7.19. The van der Waals surface area contributed by atoms with Crippen LogP contribution >= 0.6 is 0 Å². The van der Waals surface area contributed by atoms with Crippen molar-refractivity contribution in [2.24, 2.45) is 0 Å². The standard InChI is InChI=1S/C33H38N4.C12H8N.Cu/c1-20(2)24-13-11-14-25(21(3)4)30(24)36-19-37(31-26(22(5)6)15-12-16-27(31)23(7)8)33-32(36)34-28-17-9-10-18-29(28)35-33;1-3-7-11-9(5-1)10-6-2-4-8-12(10)13-11;/h9-18,20-23H,1-8H3;1-8H;/q;-1;. The zero-order valence-electron chi connectivity index (χ0n) is 30.7. The summed E-state index contributed by atoms with van der Waals surface area (Å²) >= 11 is 6.64. The summed E-state index contributed by atoms with van der Waals surface area (Å²) in [5, 5.41) is 2.50. The molecular weight excluding hydrogens is 674 g/mol. The molecule has 0 atom stereocenters. The maximum Gasteiger partial charge on any atom is -0.0343 e. The van der Waals surface area contributed by atoms with Crippen molar-refractivity contribution in [1.29, 1.82) is 0 Å². The van der Waals surface area contributed by atoms with Gasteiger partial charge in [0.1, 0.15) is 0 Å². The van der Waals surface area contributed by atoms with Gasteiger partial charge in [-0.1, -0.05) is 48.5 Å². The molecule has 0 fully saturated rings. The van der Waals surface area contributed by atoms with E-state index in [-0.39, 0.29) is 0 Å². The first-order valence-corrected chi connectivity index (χ1v) is 18.5. The van der Waals surface area contributed by atoms with Gasteiger partial charge in [-0.15, -0.1) is 11.0 Å². The Balaban J connectivity index is 0.000000258. The molecule has 0 saturated heterocycles. The van der Waals surface area contributed by atoms with E-state index in [0.717, 1.165) is 44.7 Å². The Labute approximate surface area is 308 Å². The predicted octanol–water partition coefficient (Wildman–Crippen LogP) is 11.9. The summed E-state index contributed by atoms with van der Waals surface area (Å²) in [5.41, 5.74) is 12.8. The quantitative estimate of drug-likeness (QED) is 0.161. The minimum absolute atomic E-state index is 0.323. The van der Waals surface area contributed by atoms with Crippen LogP contribution in [0.5, 0.6) is 0 Å². The minimum atomic E-state index is 0.323. The molecule has 8 rings (SSSR count). The first kappa shape index (κ1) is 34.7. The molecule has 5 nitrogen and oxygen atoms in total. The molecule has 0 bridgehead atoms. The van der Waals surface area contributed by atoms with Crippen molar-refractivity contribution in [3.8, 4) is 11.4 Å². The Morgan fingerprint density at radius 3 is 1.14 bits per heavy atom. The van der Waals surface area contributed by atoms with Crippen LogP contribution in [0.2, 0.25) is 0 Å². The van der Waals surface area contributed by atoms with Gasteiger partial charge in [-0.25, -0.2) is 0 Å². The van der Waals surface area contributed by atoms with Gasteiger partial charge < -0.3 is 4.98 Å². The Morgan fingerprint density at radius 2 is 0.784 bits per heavy atom. The molecule has 3 aromatic heterocycles. The Morgan fingerprint density at radius 1 is 0.451 bits per heavy atom. The van der Waals surface area contributed by atoms with E-state index in [1.807, 2.05) is 36.4 Å². The zero-order valence-corrected chi connectivity index (χ0v) is 31.7. The van der Waals surface area contributed by atoms with E-state index in [0.29, 0.717) is 28.0 Å². The van der Waals surface area contributed by atoms with E-state index in [1.165, 1.54) is 33.0 Å². The van der Waals surface area contributed by atoms with E-state index in [4.69, 9.17) is 25.5 Å². The summed E-state index contributed by atoms with van der Waals surface area (Å²) in [6.07, 6.45) is 0. The summed E-state index contributed by atoms with van der Waals surface area (Å²) in [6, 6.07) is 37.8. The van der Waals surface area contributed by atoms with Gasteiger partial charge in [0.25, 0.3) is 0 Å². The minimum Gasteiger partial charge on any atom is -0.657 e. The van der Waals surface area contributed by atoms with Crippen LogP contribution in [0.3, 0.4) is 0 Å². The van der Waals surface area contributed by atoms with Crippen molar-refractivity contribution >= 4 is 44.1 Å². The van der Waals surface area contributed by atoms with Gasteiger partial charge in [0.15, 0.2) is 0 Å². The second-order valence-electron chi connectivity index (χ2n) is 14.6. The van der Waals surface area contributed by atoms with Gasteiger partial charge in [0, 0.05) is 0 Å². The van der Waals surface area contributed by atoms with Crippen molar-refractivity contribution < 1.29 is 15.6 Å². The summed E-state index contributed by atoms with van der Waals surface area (Å²) < 4.78 is 5.08. The summed E-state index contributed by atoms with van der Waals surface area (Å²) in [7, 11) is 0. The van der Waals surface area contributed by atoms with Crippen LogP contribution in [-0.4, -0.2) is 19.1 Å². The number of hydrogen-bond donors (Lipinski definition) is 0. The Hall–Kier alpha value is -4.77. The van der Waals surface area contributed by atoms with Crippen LogP contribution in [0.1, 0.15) is 101 Å². The first-order chi connectivity index (χ1) is 24.6. The molecule has 0 aliphatic carbocycles. The molecule has 6 heteroatoms. The fourth-order valence-corrected chi connectivity index (χ4v) is 7.60. The van der Waals surface area contributed by atoms with Gasteiger partial charge in [0.2, 0.25) is 0 Å². The number of aromatic nitrogens is 5. The van der Waals surface area contributed by atoms with Crippen LogP contribution in [0.4, 0.5) is 0 Å². The van der Waals surface area contributed by atoms with Crippen LogP contribution in [0.25, 0.3) is 55.5 Å². The van der Waals surface area contributed by atoms with E-state index in [9.17, 15) is 0 Å². The topological polar surface area (TPSA) is 49.7 Å². The molecule has 0 unspecified atom stereocenters. The molecule has 0 aliphatic heterocycles. The number of fused-ring (bicyclic) bond motifs is 5. The molecule has 0 amide bonds. The monoisotopic (exact) mass is 719 g/mol. The third kappa shape index (κ3) is 6.26. The van der Waals surface area contributed by atoms with E-state index in [1.54, 1.807) is 0 Å². The smallest absolute Gasteiger partial charge is 0.0343 e. The van der Waals surface area contributed by atoms with Gasteiger partial charge in [0.05, 0.1) is 0 Å². The molecule has 0 N–H and O–H groups in total. The largest absolute Gasteiger partial charge is 0.657 e. The van der Waals surface area contributed by atoms with Crippen molar-refractivity contribution in [3.05, 3.63) is 136 Å².